The summed E-state index contributed by atoms with van der Waals surface area (Å²) in [4.78, 5) is 0. The van der Waals surface area contributed by atoms with Gasteiger partial charge in [-0.25, -0.2) is 0 Å². The number of nitrogens with zero attached hydrogens (tertiary/aromatic N) is 3. The van der Waals surface area contributed by atoms with Crippen LogP contribution in [-0.2, 0) is 0 Å². The Bertz CT molecular complexity index is 4410. The van der Waals surface area contributed by atoms with Gasteiger partial charge in [-0.15, -0.1) is 11.3 Å². The van der Waals surface area contributed by atoms with Gasteiger partial charge in [0.1, 0.15) is 16.6 Å². The molecule has 0 unspecified atom stereocenters. The summed E-state index contributed by atoms with van der Waals surface area (Å²) in [6.07, 6.45) is 6.50. The van der Waals surface area contributed by atoms with Gasteiger partial charge in [0.25, 0.3) is 0 Å². The first-order chi connectivity index (χ1) is 36.6. The van der Waals surface area contributed by atoms with Crippen LogP contribution < -0.4 is 13.7 Å². The van der Waals surface area contributed by atoms with Crippen LogP contribution in [0, 0.1) is 0 Å². The molecule has 346 valence electrons. The second-order valence-corrected chi connectivity index (χ2v) is 19.9. The highest BCUT2D eigenvalue weighted by molar-refractivity contribution is 7.26. The van der Waals surface area contributed by atoms with Gasteiger partial charge in [-0.1, -0.05) is 220 Å². The maximum atomic E-state index is 6.55. The molecular weight excluding hydrogens is 919 g/mol. The zero-order valence-corrected chi connectivity index (χ0v) is 41.0. The molecule has 14 aromatic rings. The lowest BCUT2D eigenvalue weighted by molar-refractivity contribution is -0.857. The SMILES string of the molecule is c1ccc(-c2cccc(-[n+]3c[n+](-c4cccc(-c5cccc(-c6ccc(-c7cccc8c7sc7c(-c9ccccc9)cccc78)cc6)c5)c4)c[n+](-c4cccc5oc6ccc(-c7ccccc7)cc6c45)c3)c2)cc1. The molecule has 5 heteroatoms. The highest BCUT2D eigenvalue weighted by Gasteiger charge is 2.29. The van der Waals surface area contributed by atoms with Crippen molar-refractivity contribution in [2.24, 2.45) is 0 Å². The third-order valence-electron chi connectivity index (χ3n) is 14.3. The number of hydrogen-bond donors (Lipinski definition) is 0. The number of thiophene rings is 1. The maximum absolute atomic E-state index is 6.55. The first kappa shape index (κ1) is 43.3. The van der Waals surface area contributed by atoms with E-state index in [2.05, 4.69) is 294 Å². The fraction of sp³-hybridized carbons (Fsp3) is 0. The summed E-state index contributed by atoms with van der Waals surface area (Å²) in [5.74, 6) is 0. The summed E-state index contributed by atoms with van der Waals surface area (Å²) < 4.78 is 15.8. The quantitative estimate of drug-likeness (QED) is 0.132. The Labute approximate surface area is 432 Å². The van der Waals surface area contributed by atoms with Crippen molar-refractivity contribution in [2.75, 3.05) is 0 Å². The number of aromatic nitrogens is 3. The molecule has 0 amide bonds. The van der Waals surface area contributed by atoms with Gasteiger partial charge in [-0.2, -0.15) is 0 Å². The molecular formula is C69H46N3OS+3. The molecule has 0 radical (unpaired) electrons. The van der Waals surface area contributed by atoms with Crippen molar-refractivity contribution in [1.29, 1.82) is 0 Å². The predicted molar refractivity (Wildman–Crippen MR) is 304 cm³/mol. The molecule has 0 fully saturated rings. The molecule has 11 aromatic carbocycles. The maximum Gasteiger partial charge on any atom is 0.428 e. The number of rotatable bonds is 9. The lowest BCUT2D eigenvalue weighted by atomic mass is 9.96. The lowest BCUT2D eigenvalue weighted by Crippen LogP contribution is -2.55. The van der Waals surface area contributed by atoms with Crippen molar-refractivity contribution in [2.45, 2.75) is 0 Å². The van der Waals surface area contributed by atoms with Gasteiger partial charge in [0, 0.05) is 55.9 Å². The largest absolute Gasteiger partial charge is 0.456 e. The van der Waals surface area contributed by atoms with E-state index in [1.807, 2.05) is 11.3 Å². The van der Waals surface area contributed by atoms with Crippen molar-refractivity contribution in [3.05, 3.63) is 280 Å². The van der Waals surface area contributed by atoms with E-state index in [0.717, 1.165) is 61.3 Å². The molecule has 0 aliphatic rings. The van der Waals surface area contributed by atoms with E-state index >= 15 is 0 Å². The summed E-state index contributed by atoms with van der Waals surface area (Å²) in [6.45, 7) is 0. The fourth-order valence-corrected chi connectivity index (χ4v) is 12.0. The van der Waals surface area contributed by atoms with Crippen LogP contribution >= 0.6 is 11.3 Å². The fourth-order valence-electron chi connectivity index (χ4n) is 10.7. The second-order valence-electron chi connectivity index (χ2n) is 18.9. The van der Waals surface area contributed by atoms with E-state index in [-0.39, 0.29) is 0 Å². The van der Waals surface area contributed by atoms with Gasteiger partial charge in [0.15, 0.2) is 0 Å². The molecule has 0 aliphatic heterocycles. The van der Waals surface area contributed by atoms with E-state index in [4.69, 9.17) is 4.42 Å². The minimum absolute atomic E-state index is 0.839. The van der Waals surface area contributed by atoms with Crippen molar-refractivity contribution in [1.82, 2.24) is 0 Å². The molecule has 3 aromatic heterocycles. The number of benzene rings is 11. The Hall–Kier alpha value is -9.55. The standard InChI is InChI=1S/C69H46N3OS/c1-4-16-47(17-5-1)54-24-11-26-57(41-54)70-44-71(46-72(45-70)64-32-15-33-66-67(64)63-43-56(38-39-65(63)73-66)48-18-6-2-7-19-48)58-27-12-25-55(42-58)53-23-10-22-52(40-53)49-34-36-51(37-35-49)60-29-14-31-62-61-30-13-28-59(68(61)74-69(60)62)50-20-8-3-9-21-50/h1-46H/q+3. The molecule has 0 bridgehead atoms. The molecule has 0 N–H and O–H groups in total. The van der Waals surface area contributed by atoms with E-state index in [1.54, 1.807) is 0 Å². The molecule has 4 nitrogen and oxygen atoms in total. The molecule has 0 saturated heterocycles. The lowest BCUT2D eigenvalue weighted by Gasteiger charge is -2.09. The summed E-state index contributed by atoms with van der Waals surface area (Å²) >= 11 is 1.90. The first-order valence-electron chi connectivity index (χ1n) is 25.0. The van der Waals surface area contributed by atoms with Gasteiger partial charge < -0.3 is 4.42 Å². The highest BCUT2D eigenvalue weighted by atomic mass is 32.1. The Morgan fingerprint density at radius 1 is 0.270 bits per heavy atom. The highest BCUT2D eigenvalue weighted by Crippen LogP contribution is 2.44. The molecule has 0 atom stereocenters. The van der Waals surface area contributed by atoms with Crippen molar-refractivity contribution in [3.63, 3.8) is 0 Å². The average Bonchev–Trinajstić information content (AvgIpc) is 4.07. The third-order valence-corrected chi connectivity index (χ3v) is 15.6. The smallest absolute Gasteiger partial charge is 0.428 e. The molecule has 3 heterocycles. The number of fused-ring (bicyclic) bond motifs is 6. The zero-order valence-electron chi connectivity index (χ0n) is 40.2. The Kier molecular flexibility index (Phi) is 10.7. The van der Waals surface area contributed by atoms with Crippen LogP contribution in [0.15, 0.2) is 284 Å². The Morgan fingerprint density at radius 2 is 0.689 bits per heavy atom. The summed E-state index contributed by atoms with van der Waals surface area (Å²) in [5, 5.41) is 4.74. The minimum atomic E-state index is 0.839. The van der Waals surface area contributed by atoms with Crippen molar-refractivity contribution >= 4 is 53.4 Å². The third kappa shape index (κ3) is 7.84. The second kappa shape index (κ2) is 18.2. The number of hydrogen-bond acceptors (Lipinski definition) is 2. The summed E-state index contributed by atoms with van der Waals surface area (Å²) in [7, 11) is 0. The van der Waals surface area contributed by atoms with Crippen LogP contribution in [0.3, 0.4) is 0 Å². The van der Waals surface area contributed by atoms with Crippen LogP contribution in [0.5, 0.6) is 0 Å². The van der Waals surface area contributed by atoms with Crippen LogP contribution in [0.2, 0.25) is 0 Å². The summed E-state index contributed by atoms with van der Waals surface area (Å²) in [5.41, 5.74) is 19.0. The summed E-state index contributed by atoms with van der Waals surface area (Å²) in [6, 6.07) is 93.6. The van der Waals surface area contributed by atoms with Gasteiger partial charge >= 0.3 is 19.0 Å². The van der Waals surface area contributed by atoms with Gasteiger partial charge in [0.05, 0.1) is 0 Å². The van der Waals surface area contributed by atoms with E-state index in [0.29, 0.717) is 0 Å². The number of furan rings is 1. The van der Waals surface area contributed by atoms with Gasteiger partial charge in [-0.05, 0) is 91.0 Å². The van der Waals surface area contributed by atoms with Gasteiger partial charge in [-0.3, -0.25) is 0 Å². The zero-order chi connectivity index (χ0) is 49.0. The van der Waals surface area contributed by atoms with Crippen LogP contribution in [0.1, 0.15) is 0 Å². The van der Waals surface area contributed by atoms with E-state index < -0.39 is 0 Å². The Morgan fingerprint density at radius 3 is 1.30 bits per heavy atom. The topological polar surface area (TPSA) is 24.8 Å². The molecule has 0 spiro atoms. The molecule has 0 aliphatic carbocycles. The van der Waals surface area contributed by atoms with E-state index in [9.17, 15) is 0 Å². The predicted octanol–water partition coefficient (Wildman–Crippen LogP) is 16.8. The molecule has 74 heavy (non-hydrogen) atoms. The van der Waals surface area contributed by atoms with Crippen LogP contribution in [-0.4, -0.2) is 0 Å². The minimum Gasteiger partial charge on any atom is -0.456 e. The normalized spacial score (nSPS) is 11.5. The van der Waals surface area contributed by atoms with Crippen LogP contribution in [0.4, 0.5) is 0 Å². The van der Waals surface area contributed by atoms with Gasteiger partial charge in [0.2, 0.25) is 17.1 Å². The molecule has 0 saturated carbocycles. The van der Waals surface area contributed by atoms with E-state index in [1.165, 1.54) is 64.7 Å². The Balaban J connectivity index is 0.838. The van der Waals surface area contributed by atoms with Crippen molar-refractivity contribution in [3.8, 4) is 83.8 Å². The monoisotopic (exact) mass is 964 g/mol. The molecule has 14 rings (SSSR count). The van der Waals surface area contributed by atoms with Crippen molar-refractivity contribution < 1.29 is 18.1 Å². The first-order valence-corrected chi connectivity index (χ1v) is 25.8. The van der Waals surface area contributed by atoms with Crippen LogP contribution in [0.25, 0.3) is 126 Å². The average molecular weight is 965 g/mol.